The summed E-state index contributed by atoms with van der Waals surface area (Å²) in [5, 5.41) is 9.52. The first-order valence-corrected chi connectivity index (χ1v) is 8.77. The molecule has 0 saturated carbocycles. The zero-order valence-corrected chi connectivity index (χ0v) is 13.6. The predicted molar refractivity (Wildman–Crippen MR) is 88.9 cm³/mol. The van der Waals surface area contributed by atoms with Gasteiger partial charge in [-0.3, -0.25) is 14.5 Å². The number of aliphatic carboxylic acids is 1. The number of nitrogens with zero attached hydrogens (tertiary/aromatic N) is 1. The monoisotopic (exact) mass is 315 g/mol. The van der Waals surface area contributed by atoms with Crippen LogP contribution in [0.15, 0.2) is 18.2 Å². The van der Waals surface area contributed by atoms with E-state index >= 15 is 0 Å². The normalized spacial score (nSPS) is 19.8. The van der Waals surface area contributed by atoms with Gasteiger partial charge in [-0.15, -0.1) is 0 Å². The van der Waals surface area contributed by atoms with E-state index in [-0.39, 0.29) is 12.2 Å². The Balaban J connectivity index is 1.72. The molecule has 2 aliphatic rings. The summed E-state index contributed by atoms with van der Waals surface area (Å²) >= 11 is 0. The van der Waals surface area contributed by atoms with Crippen LogP contribution in [0.25, 0.3) is 0 Å². The van der Waals surface area contributed by atoms with Crippen molar-refractivity contribution in [2.75, 3.05) is 13.1 Å². The van der Waals surface area contributed by atoms with Crippen LogP contribution in [0.4, 0.5) is 0 Å². The molecule has 0 bridgehead atoms. The highest BCUT2D eigenvalue weighted by atomic mass is 16.4. The van der Waals surface area contributed by atoms with Crippen LogP contribution in [-0.2, 0) is 17.6 Å². The van der Waals surface area contributed by atoms with E-state index in [0.717, 1.165) is 45.2 Å². The number of aryl methyl sites for hydroxylation is 2. The second-order valence-electron chi connectivity index (χ2n) is 6.77. The van der Waals surface area contributed by atoms with E-state index in [4.69, 9.17) is 0 Å². The fourth-order valence-corrected chi connectivity index (χ4v) is 3.80. The van der Waals surface area contributed by atoms with Crippen LogP contribution in [0, 0.1) is 0 Å². The summed E-state index contributed by atoms with van der Waals surface area (Å²) in [6.07, 6.45) is 7.80. The topological polar surface area (TPSA) is 57.6 Å². The predicted octanol–water partition coefficient (Wildman–Crippen LogP) is 3.08. The van der Waals surface area contributed by atoms with Crippen LogP contribution in [0.1, 0.15) is 60.0 Å². The Kier molecular flexibility index (Phi) is 5.11. The number of hydrogen-bond donors (Lipinski definition) is 1. The molecule has 124 valence electrons. The van der Waals surface area contributed by atoms with Crippen molar-refractivity contribution in [1.82, 2.24) is 4.90 Å². The number of carbonyl (C=O) groups is 2. The number of hydrogen-bond acceptors (Lipinski definition) is 3. The second kappa shape index (κ2) is 7.26. The van der Waals surface area contributed by atoms with Gasteiger partial charge in [0.15, 0.2) is 5.78 Å². The molecule has 23 heavy (non-hydrogen) atoms. The van der Waals surface area contributed by atoms with Crippen LogP contribution >= 0.6 is 0 Å². The van der Waals surface area contributed by atoms with E-state index in [1.165, 1.54) is 24.0 Å². The molecule has 0 unspecified atom stereocenters. The highest BCUT2D eigenvalue weighted by Gasteiger charge is 2.29. The van der Waals surface area contributed by atoms with Gasteiger partial charge in [0.1, 0.15) is 6.04 Å². The zero-order chi connectivity index (χ0) is 16.2. The Hall–Kier alpha value is -1.68. The van der Waals surface area contributed by atoms with Gasteiger partial charge in [0.05, 0.1) is 0 Å². The first-order valence-electron chi connectivity index (χ1n) is 8.77. The molecule has 0 spiro atoms. The Morgan fingerprint density at radius 2 is 1.70 bits per heavy atom. The van der Waals surface area contributed by atoms with Gasteiger partial charge in [-0.1, -0.05) is 18.6 Å². The van der Waals surface area contributed by atoms with Crippen LogP contribution in [-0.4, -0.2) is 40.9 Å². The molecule has 0 aromatic heterocycles. The van der Waals surface area contributed by atoms with Crippen molar-refractivity contribution in [3.05, 3.63) is 34.9 Å². The van der Waals surface area contributed by atoms with E-state index in [2.05, 4.69) is 6.07 Å². The van der Waals surface area contributed by atoms with Gasteiger partial charge in [-0.25, -0.2) is 0 Å². The summed E-state index contributed by atoms with van der Waals surface area (Å²) < 4.78 is 0. The number of piperidine rings is 1. The molecule has 1 heterocycles. The van der Waals surface area contributed by atoms with E-state index in [0.29, 0.717) is 5.56 Å². The average molecular weight is 315 g/mol. The van der Waals surface area contributed by atoms with E-state index < -0.39 is 12.0 Å². The van der Waals surface area contributed by atoms with Gasteiger partial charge < -0.3 is 5.11 Å². The number of likely N-dealkylation sites (tertiary alicyclic amines) is 1. The molecule has 1 atom stereocenters. The molecule has 1 aromatic carbocycles. The van der Waals surface area contributed by atoms with Gasteiger partial charge >= 0.3 is 5.97 Å². The number of fused-ring (bicyclic) bond motifs is 1. The third-order valence-electron chi connectivity index (χ3n) is 5.17. The molecule has 3 rings (SSSR count). The van der Waals surface area contributed by atoms with Gasteiger partial charge in [0, 0.05) is 12.0 Å². The number of carbonyl (C=O) groups excluding carboxylic acids is 1. The van der Waals surface area contributed by atoms with Crippen molar-refractivity contribution in [3.63, 3.8) is 0 Å². The van der Waals surface area contributed by atoms with Gasteiger partial charge in [0.2, 0.25) is 0 Å². The van der Waals surface area contributed by atoms with E-state index in [1.54, 1.807) is 0 Å². The SMILES string of the molecule is O=C(C[C@@H](C(=O)O)N1CCCCC1)c1ccc2c(c1)CCCC2. The molecule has 1 aliphatic heterocycles. The molecule has 4 heteroatoms. The second-order valence-corrected chi connectivity index (χ2v) is 6.77. The number of rotatable bonds is 5. The highest BCUT2D eigenvalue weighted by Crippen LogP contribution is 2.24. The first-order chi connectivity index (χ1) is 11.1. The average Bonchev–Trinajstić information content (AvgIpc) is 2.59. The van der Waals surface area contributed by atoms with Crippen LogP contribution < -0.4 is 0 Å². The van der Waals surface area contributed by atoms with Crippen molar-refractivity contribution in [2.45, 2.75) is 57.4 Å². The third-order valence-corrected chi connectivity index (χ3v) is 5.17. The number of carboxylic acids is 1. The van der Waals surface area contributed by atoms with Crippen molar-refractivity contribution in [2.24, 2.45) is 0 Å². The van der Waals surface area contributed by atoms with E-state index in [1.807, 2.05) is 17.0 Å². The minimum absolute atomic E-state index is 0.0450. The summed E-state index contributed by atoms with van der Waals surface area (Å²) in [5.74, 6) is -0.922. The van der Waals surface area contributed by atoms with Crippen molar-refractivity contribution >= 4 is 11.8 Å². The van der Waals surface area contributed by atoms with Crippen molar-refractivity contribution in [3.8, 4) is 0 Å². The molecule has 0 amide bonds. The lowest BCUT2D eigenvalue weighted by molar-refractivity contribution is -0.143. The fraction of sp³-hybridized carbons (Fsp3) is 0.579. The Bertz CT molecular complexity index is 590. The maximum absolute atomic E-state index is 12.6. The van der Waals surface area contributed by atoms with Crippen molar-refractivity contribution < 1.29 is 14.7 Å². The summed E-state index contributed by atoms with van der Waals surface area (Å²) in [6, 6.07) is 5.24. The van der Waals surface area contributed by atoms with E-state index in [9.17, 15) is 14.7 Å². The summed E-state index contributed by atoms with van der Waals surface area (Å²) in [7, 11) is 0. The van der Waals surface area contributed by atoms with Crippen molar-refractivity contribution in [1.29, 1.82) is 0 Å². The van der Waals surface area contributed by atoms with Gasteiger partial charge in [0.25, 0.3) is 0 Å². The maximum atomic E-state index is 12.6. The molecule has 1 fully saturated rings. The minimum Gasteiger partial charge on any atom is -0.480 e. The summed E-state index contributed by atoms with van der Waals surface area (Å²) in [4.78, 5) is 26.2. The molecule has 1 saturated heterocycles. The Labute approximate surface area is 137 Å². The first kappa shape index (κ1) is 16.2. The molecule has 1 aliphatic carbocycles. The summed E-state index contributed by atoms with van der Waals surface area (Å²) in [5.41, 5.74) is 3.29. The molecular weight excluding hydrogens is 290 g/mol. The lowest BCUT2D eigenvalue weighted by Gasteiger charge is -2.31. The highest BCUT2D eigenvalue weighted by molar-refractivity contribution is 5.99. The van der Waals surface area contributed by atoms with Crippen LogP contribution in [0.3, 0.4) is 0 Å². The molecule has 0 radical (unpaired) electrons. The maximum Gasteiger partial charge on any atom is 0.321 e. The lowest BCUT2D eigenvalue weighted by atomic mass is 9.89. The largest absolute Gasteiger partial charge is 0.480 e. The fourth-order valence-electron chi connectivity index (χ4n) is 3.80. The number of Topliss-reactive ketones (excluding diaryl/α,β-unsaturated/α-hetero) is 1. The lowest BCUT2D eigenvalue weighted by Crippen LogP contribution is -2.45. The number of carboxylic acid groups (broad SMARTS) is 1. The third kappa shape index (κ3) is 3.81. The number of benzene rings is 1. The Morgan fingerprint density at radius 1 is 1.00 bits per heavy atom. The molecule has 1 N–H and O–H groups in total. The Morgan fingerprint density at radius 3 is 2.39 bits per heavy atom. The zero-order valence-electron chi connectivity index (χ0n) is 13.6. The van der Waals surface area contributed by atoms with Gasteiger partial charge in [-0.2, -0.15) is 0 Å². The standard InChI is InChI=1S/C19H25NO3/c21-18(13-17(19(22)23)20-10-4-1-5-11-20)16-9-8-14-6-2-3-7-15(14)12-16/h8-9,12,17H,1-7,10-11,13H2,(H,22,23)/t17-/m0/s1. The summed E-state index contributed by atoms with van der Waals surface area (Å²) in [6.45, 7) is 1.57. The molecule has 4 nitrogen and oxygen atoms in total. The van der Waals surface area contributed by atoms with Crippen LogP contribution in [0.2, 0.25) is 0 Å². The number of ketones is 1. The quantitative estimate of drug-likeness (QED) is 0.848. The smallest absolute Gasteiger partial charge is 0.321 e. The molecule has 1 aromatic rings. The molecular formula is C19H25NO3. The van der Waals surface area contributed by atoms with Gasteiger partial charge in [-0.05, 0) is 68.8 Å². The minimum atomic E-state index is -0.877. The van der Waals surface area contributed by atoms with Crippen LogP contribution in [0.5, 0.6) is 0 Å².